The topological polar surface area (TPSA) is 497 Å². The number of aliphatic carboxylic acids is 1. The van der Waals surface area contributed by atoms with E-state index < -0.39 is 159 Å². The average Bonchev–Trinajstić information content (AvgIpc) is 1.64. The fraction of sp³-hybridized carbons (Fsp3) is 0.269. The van der Waals surface area contributed by atoms with E-state index >= 15 is 9.59 Å². The Balaban J connectivity index is 0.00000554. The Bertz CT molecular complexity index is 6490. The molecule has 6 aliphatic rings. The summed E-state index contributed by atoms with van der Waals surface area (Å²) in [6, 6.07) is 44.7. The number of non-ortho nitro benzene ring substituents is 1. The number of aromatic amines is 1. The third kappa shape index (κ3) is 21.7. The first kappa shape index (κ1) is 97.2. The Morgan fingerprint density at radius 3 is 2.01 bits per heavy atom. The molecule has 718 valence electrons. The van der Waals surface area contributed by atoms with Crippen molar-refractivity contribution in [2.24, 2.45) is 0 Å². The van der Waals surface area contributed by atoms with E-state index in [1.807, 2.05) is 115 Å². The molecule has 0 spiro atoms. The van der Waals surface area contributed by atoms with Crippen molar-refractivity contribution >= 4 is 140 Å². The first-order valence-corrected chi connectivity index (χ1v) is 45.6. The van der Waals surface area contributed by atoms with Crippen LogP contribution in [0, 0.1) is 40.7 Å². The van der Waals surface area contributed by atoms with E-state index in [1.165, 1.54) is 35.3 Å². The average molecular weight is 2640 g/mol. The molecule has 8 aromatic carbocycles. The van der Waals surface area contributed by atoms with Gasteiger partial charge < -0.3 is 74.6 Å². The molecule has 136 heavy (non-hydrogen) atoms. The fourth-order valence-corrected chi connectivity index (χ4v) is 19.0. The largest absolute Gasteiger partial charge is 0.480 e. The molecule has 0 saturated carbocycles. The van der Waals surface area contributed by atoms with Gasteiger partial charge >= 0.3 is 44.1 Å². The van der Waals surface area contributed by atoms with Crippen LogP contribution in [0.25, 0.3) is 43.9 Å². The van der Waals surface area contributed by atoms with Gasteiger partial charge in [0, 0.05) is 103 Å². The van der Waals surface area contributed by atoms with Crippen LogP contribution in [0.1, 0.15) is 99.9 Å². The summed E-state index contributed by atoms with van der Waals surface area (Å²) in [6.07, 6.45) is -3.97. The summed E-state index contributed by atoms with van der Waals surface area (Å²) < 4.78 is 45.4. The number of phosphoric acid groups is 1. The normalized spacial score (nSPS) is 16.0. The van der Waals surface area contributed by atoms with Gasteiger partial charge in [0.25, 0.3) is 29.0 Å². The Morgan fingerprint density at radius 2 is 1.36 bits per heavy atom. The minimum Gasteiger partial charge on any atom is -0.480 e. The second kappa shape index (κ2) is 42.4. The molecular weight excluding hydrogens is 2550 g/mol. The number of imide groups is 1. The maximum atomic E-state index is 15.3. The number of carbonyl (C=O) groups excluding carboxylic acids is 11. The van der Waals surface area contributed by atoms with Crippen molar-refractivity contribution < 1.29 is 115 Å². The van der Waals surface area contributed by atoms with Crippen molar-refractivity contribution in [2.45, 2.75) is 99.1 Å². The molecule has 1 aromatic heterocycles. The minimum absolute atomic E-state index is 0. The summed E-state index contributed by atoms with van der Waals surface area (Å²) in [5.41, 5.74) is 5.49. The van der Waals surface area contributed by atoms with Crippen LogP contribution in [0.2, 0.25) is 0 Å². The van der Waals surface area contributed by atoms with Gasteiger partial charge in [-0.25, -0.2) is 38.3 Å². The van der Waals surface area contributed by atoms with Crippen LogP contribution in [0.3, 0.4) is 0 Å². The maximum Gasteiger partial charge on any atom is 0.469 e. The molecule has 8 N–H and O–H groups in total. The zero-order valence-electron chi connectivity index (χ0n) is 71.5. The smallest absolute Gasteiger partial charge is 0.469 e. The number of benzene rings is 8. The number of nitro groups is 1. The van der Waals surface area contributed by atoms with E-state index in [-0.39, 0.29) is 116 Å². The number of aromatic nitrogens is 2. The van der Waals surface area contributed by atoms with Gasteiger partial charge in [-0.15, -0.1) is 5.06 Å². The summed E-state index contributed by atoms with van der Waals surface area (Å²) in [5.74, 6) is 2.56. The number of nitrogens with one attached hydrogen (secondary N) is 5. The fourth-order valence-electron chi connectivity index (χ4n) is 16.3. The van der Waals surface area contributed by atoms with Crippen LogP contribution in [0.15, 0.2) is 197 Å². The quantitative estimate of drug-likeness (QED) is 0.00210. The predicted octanol–water partition coefficient (Wildman–Crippen LogP) is 10.4. The van der Waals surface area contributed by atoms with Crippen LogP contribution in [0.5, 0.6) is 0 Å². The number of nitrogens with zero attached hydrogens (tertiary/aromatic N) is 6. The van der Waals surface area contributed by atoms with Crippen LogP contribution >= 0.6 is 29.4 Å². The number of amides is 9. The van der Waals surface area contributed by atoms with Crippen LogP contribution in [-0.2, 0) is 84.3 Å². The second-order valence-electron chi connectivity index (χ2n) is 31.1. The number of fused-ring (bicyclic) bond motifs is 12. The van der Waals surface area contributed by atoms with Gasteiger partial charge in [-0.3, -0.25) is 58.0 Å². The van der Waals surface area contributed by atoms with Gasteiger partial charge in [-0.2, -0.15) is 0 Å². The van der Waals surface area contributed by atoms with E-state index in [1.54, 1.807) is 31.2 Å². The molecule has 37 nitrogen and oxygen atoms in total. The molecule has 43 heteroatoms. The Morgan fingerprint density at radius 1 is 0.721 bits per heavy atom. The summed E-state index contributed by atoms with van der Waals surface area (Å²) >= 11 is 0. The van der Waals surface area contributed by atoms with E-state index in [4.69, 9.17) is 28.5 Å². The van der Waals surface area contributed by atoms with Gasteiger partial charge in [0.05, 0.1) is 47.8 Å². The number of carboxylic acid groups (broad SMARTS) is 1. The number of ether oxygens (including phenoxy) is 5. The number of nitro benzene ring substituents is 1. The number of rotatable bonds is 35. The summed E-state index contributed by atoms with van der Waals surface area (Å²) in [6.45, 7) is -2.79. The Labute approximate surface area is 764 Å². The zero-order valence-corrected chi connectivity index (χ0v) is 81.2. The molecule has 2 aliphatic heterocycles. The second-order valence-corrected chi connectivity index (χ2v) is 34.7. The molecule has 15 rings (SSSR count). The first-order chi connectivity index (χ1) is 64.1. The van der Waals surface area contributed by atoms with Crippen LogP contribution < -0.4 is 36.6 Å². The number of carbonyl (C=O) groups is 12. The molecule has 1 fully saturated rings. The molecule has 3 heterocycles. The van der Waals surface area contributed by atoms with Gasteiger partial charge in [0.2, 0.25) is 23.2 Å². The van der Waals surface area contributed by atoms with Gasteiger partial charge in [-0.1, -0.05) is 155 Å². The van der Waals surface area contributed by atoms with Crippen molar-refractivity contribution in [3.8, 4) is 45.9 Å². The van der Waals surface area contributed by atoms with E-state index in [0.717, 1.165) is 93.4 Å². The van der Waals surface area contributed by atoms with Crippen molar-refractivity contribution in [3.05, 3.63) is 253 Å². The molecule has 4 unspecified atom stereocenters. The van der Waals surface area contributed by atoms with E-state index in [2.05, 4.69) is 59.4 Å². The minimum atomic E-state index is -4.98. The molecule has 1 saturated heterocycles. The Kier molecular flexibility index (Phi) is 30.3. The number of alkyl carbamates (subject to hydrolysis) is 2. The third-order valence-electron chi connectivity index (χ3n) is 22.6. The van der Waals surface area contributed by atoms with Crippen LogP contribution in [-0.4, -0.2) is 200 Å². The van der Waals surface area contributed by atoms with E-state index in [9.17, 15) is 82.3 Å². The maximum absolute atomic E-state index is 15.3. The number of ketones is 1. The number of hydroxylamine groups is 2. The predicted molar refractivity (Wildman–Crippen MR) is 480 cm³/mol. The number of phosphoric ester groups is 1. The van der Waals surface area contributed by atoms with Crippen molar-refractivity contribution in [2.75, 3.05) is 74.8 Å². The van der Waals surface area contributed by atoms with E-state index in [0.29, 0.717) is 38.9 Å². The number of hydrogen-bond acceptors (Lipinski definition) is 26. The number of carboxylic acids is 1. The number of anilines is 2. The van der Waals surface area contributed by atoms with Crippen LogP contribution in [0.4, 0.5) is 36.2 Å². The number of hydrogen-bond donors (Lipinski definition) is 8. The molecular formula is C93H82Fm3N11O26PS2. The number of allylic oxidation sites excluding steroid dienone is 3. The SMILES string of the molecule is Cc1nc2ccc3ccc(CN(C(=O)OCC4c5ccccc5-c5ccccc54)c4ccc5c(c4)CN(C(CCC(=O)NCCNC(=O)OC4C#C/C=C\C#CC6(OC(=O)N(CCOCC(=O)ON7C(=O)CCC7=O)c7cc([N+](=O)[O-])ccc7SSCC(NC(=O)OCC7c8ccccc8-c8ccccc87)C(=O)NCCOP(=O)(O)O)CCC=C4C6=O)C(=O)O)C5=O)cc3c2c(=O)[nH]1.[Fm].[Fm].[Fm]. The molecule has 2 bridgehead atoms. The molecule has 9 aromatic rings. The molecule has 4 aliphatic carbocycles. The first-order valence-electron chi connectivity index (χ1n) is 41.8. The molecule has 9 amide bonds. The monoisotopic (exact) mass is 2630 g/mol. The third-order valence-corrected chi connectivity index (χ3v) is 25.5. The number of aryl methyl sites for hydroxylation is 1. The van der Waals surface area contributed by atoms with Crippen molar-refractivity contribution in [1.82, 2.24) is 41.2 Å². The number of H-pyrrole nitrogens is 1. The van der Waals surface area contributed by atoms with Gasteiger partial charge in [0.1, 0.15) is 37.7 Å². The summed E-state index contributed by atoms with van der Waals surface area (Å²) in [4.78, 5) is 225. The Hall–Kier alpha value is -17.8. The van der Waals surface area contributed by atoms with Gasteiger partial charge in [-0.05, 0) is 147 Å². The number of Topliss-reactive ketones (excluding diaryl/α,β-unsaturated/α-hetero) is 1. The van der Waals surface area contributed by atoms with Crippen molar-refractivity contribution in [3.63, 3.8) is 0 Å². The standard InChI is InChI=1S/C93H82N11O26PS2.3Fm/c1-54-97-73-31-27-56-26-25-55(45-70(56)83(73)86(111)98-54)48-101(91(117)126-51-72-67-21-11-7-17-63(67)64-18-8-12-22-68(64)72)58-28-30-60-57(46-58)49-102(87(60)112)75(88(113)114)32-34-79(105)94-39-40-96-89(115)128-77-24-4-2-3-13-37-93(38-14-23-69(77)84(93)109)129-92(118)100(42-44-124-52-82(108)130-103-80(106)35-36-81(103)107)76-47-59(104(119)120)29-33-78(76)133-132-53-74(85(110)95-41-43-127-131(121,122)123)99-90(116)125-50-71-65-19-9-5-15-61(65)62-16-6-10-20-66(62)71;;;/h2-3,5-12,15-23,25-31,33,45-47,71-72,74-75,77H,14,32,34-36,38-44,48-53H2,1H3,(H,94,105)(H,95,110)(H,96,115)(H,99,116)(H,113,114)(H,97,98,111)(H2,121,122,123);;;/b3-2-;;;. The zero-order chi connectivity index (χ0) is 93.8. The molecule has 4 atom stereocenters. The molecule has 0 radical (unpaired) electrons. The van der Waals surface area contributed by atoms with Crippen molar-refractivity contribution in [1.29, 1.82) is 0 Å². The summed E-state index contributed by atoms with van der Waals surface area (Å²) in [7, 11) is -3.32. The van der Waals surface area contributed by atoms with Gasteiger partial charge in [0.15, 0.2) is 6.10 Å². The summed E-state index contributed by atoms with van der Waals surface area (Å²) in [5, 5.41) is 35.3.